The molecule has 1 saturated heterocycles. The Morgan fingerprint density at radius 2 is 2.00 bits per heavy atom. The van der Waals surface area contributed by atoms with Crippen LogP contribution in [0.15, 0.2) is 77.4 Å². The van der Waals surface area contributed by atoms with Crippen molar-refractivity contribution in [1.29, 1.82) is 0 Å². The predicted octanol–water partition coefficient (Wildman–Crippen LogP) is 5.19. The van der Waals surface area contributed by atoms with Crippen LogP contribution >= 0.6 is 0 Å². The summed E-state index contributed by atoms with van der Waals surface area (Å²) in [6, 6.07) is 13.1. The lowest BCUT2D eigenvalue weighted by atomic mass is 9.94. The zero-order valence-corrected chi connectivity index (χ0v) is 21.3. The van der Waals surface area contributed by atoms with E-state index in [-0.39, 0.29) is 30.6 Å². The Balaban J connectivity index is 1.63. The van der Waals surface area contributed by atoms with Crippen molar-refractivity contribution in [2.24, 2.45) is 0 Å². The maximum atomic E-state index is 13.4. The number of carbonyl (C=O) groups excluding carboxylic acids is 2. The molecule has 0 spiro atoms. The minimum absolute atomic E-state index is 0.00400. The molecule has 8 nitrogen and oxygen atoms in total. The van der Waals surface area contributed by atoms with Gasteiger partial charge in [0.05, 0.1) is 31.0 Å². The Hall–Kier alpha value is -4.46. The van der Waals surface area contributed by atoms with Crippen LogP contribution in [0.3, 0.4) is 0 Å². The fourth-order valence-electron chi connectivity index (χ4n) is 4.92. The molecule has 0 unspecified atom stereocenters. The van der Waals surface area contributed by atoms with Gasteiger partial charge in [-0.1, -0.05) is 18.7 Å². The Morgan fingerprint density at radius 1 is 1.16 bits per heavy atom. The van der Waals surface area contributed by atoms with E-state index in [4.69, 9.17) is 18.6 Å². The number of furan rings is 1. The molecule has 3 heterocycles. The second-order valence-electron chi connectivity index (χ2n) is 9.20. The second-order valence-corrected chi connectivity index (χ2v) is 9.20. The van der Waals surface area contributed by atoms with Gasteiger partial charge in [-0.05, 0) is 67.4 Å². The Morgan fingerprint density at radius 3 is 2.74 bits per heavy atom. The van der Waals surface area contributed by atoms with Gasteiger partial charge >= 0.3 is 0 Å². The van der Waals surface area contributed by atoms with Gasteiger partial charge in [0.1, 0.15) is 30.0 Å². The number of hydrogen-bond acceptors (Lipinski definition) is 7. The van der Waals surface area contributed by atoms with Crippen LogP contribution in [0, 0.1) is 0 Å². The van der Waals surface area contributed by atoms with Crippen LogP contribution in [0.2, 0.25) is 0 Å². The predicted molar refractivity (Wildman–Crippen MR) is 140 cm³/mol. The Bertz CT molecular complexity index is 1410. The second kappa shape index (κ2) is 10.5. The molecule has 2 aliphatic heterocycles. The number of ether oxygens (including phenoxy) is 3. The van der Waals surface area contributed by atoms with Gasteiger partial charge in [0.2, 0.25) is 0 Å². The molecule has 2 aromatic carbocycles. The van der Waals surface area contributed by atoms with Crippen LogP contribution in [0.1, 0.15) is 42.3 Å². The quantitative estimate of drug-likeness (QED) is 0.181. The number of carbonyl (C=O) groups is 2. The van der Waals surface area contributed by atoms with Gasteiger partial charge in [-0.15, -0.1) is 0 Å². The normalized spacial score (nSPS) is 19.8. The van der Waals surface area contributed by atoms with E-state index in [1.165, 1.54) is 11.2 Å². The van der Waals surface area contributed by atoms with Crippen molar-refractivity contribution >= 4 is 17.4 Å². The van der Waals surface area contributed by atoms with Gasteiger partial charge in [-0.3, -0.25) is 9.59 Å². The van der Waals surface area contributed by atoms with Crippen molar-refractivity contribution in [2.45, 2.75) is 39.0 Å². The fourth-order valence-corrected chi connectivity index (χ4v) is 4.92. The number of ketones is 1. The highest BCUT2D eigenvalue weighted by Crippen LogP contribution is 2.43. The number of likely N-dealkylation sites (tertiary alicyclic amines) is 1. The fraction of sp³-hybridized carbons (Fsp3) is 0.267. The first-order valence-corrected chi connectivity index (χ1v) is 12.5. The summed E-state index contributed by atoms with van der Waals surface area (Å²) in [5.41, 5.74) is 1.96. The number of hydrogen-bond donors (Lipinski definition) is 1. The van der Waals surface area contributed by atoms with Crippen LogP contribution < -0.4 is 14.2 Å². The van der Waals surface area contributed by atoms with Crippen molar-refractivity contribution in [2.75, 3.05) is 13.2 Å². The first-order chi connectivity index (χ1) is 18.4. The SMILES string of the molecule is C=CCOc1ccc([C@@H]2/C(=C(\O)c3ccc4c(c3)C[C@H](C)O4)C(=O)C(=O)N2Cc2ccco2)cc1OCC. The molecule has 0 aliphatic carbocycles. The maximum Gasteiger partial charge on any atom is 0.296 e. The molecule has 1 amide bonds. The molecule has 38 heavy (non-hydrogen) atoms. The smallest absolute Gasteiger partial charge is 0.296 e. The van der Waals surface area contributed by atoms with E-state index in [1.54, 1.807) is 48.5 Å². The standard InChI is InChI=1S/C30H29NO7/c1-4-12-37-24-11-8-19(16-25(24)35-5-2)27-26(29(33)30(34)31(27)17-22-7-6-13-36-22)28(32)20-9-10-23-21(15-20)14-18(3)38-23/h4,6-11,13,15-16,18,27,32H,1,5,12,14,17H2,2-3H3/b28-26+/t18-,27+/m0/s1. The molecular formula is C30H29NO7. The van der Waals surface area contributed by atoms with Crippen molar-refractivity contribution in [1.82, 2.24) is 4.90 Å². The van der Waals surface area contributed by atoms with E-state index in [1.807, 2.05) is 19.9 Å². The van der Waals surface area contributed by atoms with E-state index in [2.05, 4.69) is 6.58 Å². The summed E-state index contributed by atoms with van der Waals surface area (Å²) in [4.78, 5) is 28.1. The van der Waals surface area contributed by atoms with Crippen LogP contribution in [0.25, 0.3) is 5.76 Å². The first kappa shape index (κ1) is 25.2. The summed E-state index contributed by atoms with van der Waals surface area (Å²) in [5.74, 6) is 0.481. The molecule has 1 aromatic heterocycles. The number of aliphatic hydroxyl groups excluding tert-OH is 1. The molecular weight excluding hydrogens is 486 g/mol. The van der Waals surface area contributed by atoms with Crippen LogP contribution in [-0.2, 0) is 22.6 Å². The third-order valence-electron chi connectivity index (χ3n) is 6.56. The summed E-state index contributed by atoms with van der Waals surface area (Å²) in [6.45, 7) is 8.23. The van der Waals surface area contributed by atoms with Gasteiger partial charge in [0, 0.05) is 12.0 Å². The third-order valence-corrected chi connectivity index (χ3v) is 6.56. The maximum absolute atomic E-state index is 13.4. The van der Waals surface area contributed by atoms with E-state index in [9.17, 15) is 14.7 Å². The lowest BCUT2D eigenvalue weighted by molar-refractivity contribution is -0.140. The molecule has 2 atom stereocenters. The van der Waals surface area contributed by atoms with Crippen molar-refractivity contribution in [3.05, 3.63) is 95.5 Å². The number of benzene rings is 2. The van der Waals surface area contributed by atoms with Crippen molar-refractivity contribution in [3.63, 3.8) is 0 Å². The van der Waals surface area contributed by atoms with E-state index in [0.29, 0.717) is 41.4 Å². The van der Waals surface area contributed by atoms with Gasteiger partial charge in [0.25, 0.3) is 11.7 Å². The summed E-state index contributed by atoms with van der Waals surface area (Å²) in [5, 5.41) is 11.5. The van der Waals surface area contributed by atoms with Crippen LogP contribution in [0.4, 0.5) is 0 Å². The van der Waals surface area contributed by atoms with Gasteiger partial charge < -0.3 is 28.6 Å². The highest BCUT2D eigenvalue weighted by Gasteiger charge is 2.46. The Labute approximate surface area is 220 Å². The number of amides is 1. The van der Waals surface area contributed by atoms with Gasteiger partial charge in [-0.25, -0.2) is 0 Å². The topological polar surface area (TPSA) is 98.4 Å². The molecule has 0 radical (unpaired) electrons. The summed E-state index contributed by atoms with van der Waals surface area (Å²) in [6.07, 6.45) is 3.86. The molecule has 1 fully saturated rings. The molecule has 2 aliphatic rings. The molecule has 0 bridgehead atoms. The number of nitrogens with zero attached hydrogens (tertiary/aromatic N) is 1. The molecule has 196 valence electrons. The van der Waals surface area contributed by atoms with E-state index < -0.39 is 17.7 Å². The molecule has 8 heteroatoms. The first-order valence-electron chi connectivity index (χ1n) is 12.5. The molecule has 3 aromatic rings. The highest BCUT2D eigenvalue weighted by atomic mass is 16.5. The summed E-state index contributed by atoms with van der Waals surface area (Å²) in [7, 11) is 0. The minimum atomic E-state index is -0.879. The van der Waals surface area contributed by atoms with Gasteiger partial charge in [-0.2, -0.15) is 0 Å². The zero-order valence-electron chi connectivity index (χ0n) is 21.3. The molecule has 5 rings (SSSR count). The van der Waals surface area contributed by atoms with Gasteiger partial charge in [0.15, 0.2) is 11.5 Å². The lowest BCUT2D eigenvalue weighted by Crippen LogP contribution is -2.29. The largest absolute Gasteiger partial charge is 0.507 e. The number of rotatable bonds is 9. The lowest BCUT2D eigenvalue weighted by Gasteiger charge is -2.25. The van der Waals surface area contributed by atoms with Crippen molar-refractivity contribution < 1.29 is 33.3 Å². The molecule has 0 saturated carbocycles. The monoisotopic (exact) mass is 515 g/mol. The number of Topliss-reactive ketones (excluding diaryl/α,β-unsaturated/α-hetero) is 1. The van der Waals surface area contributed by atoms with E-state index in [0.717, 1.165) is 11.3 Å². The Kier molecular flexibility index (Phi) is 6.96. The third kappa shape index (κ3) is 4.65. The number of aliphatic hydroxyl groups is 1. The van der Waals surface area contributed by atoms with E-state index >= 15 is 0 Å². The van der Waals surface area contributed by atoms with Crippen molar-refractivity contribution in [3.8, 4) is 17.2 Å². The summed E-state index contributed by atoms with van der Waals surface area (Å²) >= 11 is 0. The minimum Gasteiger partial charge on any atom is -0.507 e. The zero-order chi connectivity index (χ0) is 26.8. The average molecular weight is 516 g/mol. The summed E-state index contributed by atoms with van der Waals surface area (Å²) < 4.78 is 22.8. The van der Waals surface area contributed by atoms with Crippen LogP contribution in [-0.4, -0.2) is 41.0 Å². The highest BCUT2D eigenvalue weighted by molar-refractivity contribution is 6.46. The average Bonchev–Trinajstić information content (AvgIpc) is 3.62. The number of fused-ring (bicyclic) bond motifs is 1. The van der Waals surface area contributed by atoms with Crippen LogP contribution in [0.5, 0.6) is 17.2 Å². The molecule has 1 N–H and O–H groups in total.